The zero-order valence-electron chi connectivity index (χ0n) is 23.3. The molecule has 222 valence electrons. The highest BCUT2D eigenvalue weighted by atomic mass is 32.2. The van der Waals surface area contributed by atoms with E-state index in [-0.39, 0.29) is 29.1 Å². The number of non-ortho nitro benzene ring substituents is 1. The third-order valence-electron chi connectivity index (χ3n) is 6.97. The number of nitrogens with zero attached hydrogens (tertiary/aromatic N) is 2. The number of rotatable bonds is 10. The van der Waals surface area contributed by atoms with E-state index in [4.69, 9.17) is 0 Å². The zero-order chi connectivity index (χ0) is 31.4. The molecule has 0 radical (unpaired) electrons. The molecule has 0 saturated heterocycles. The van der Waals surface area contributed by atoms with E-state index in [0.29, 0.717) is 15.6 Å². The van der Waals surface area contributed by atoms with Gasteiger partial charge in [0.2, 0.25) is 5.91 Å². The van der Waals surface area contributed by atoms with Gasteiger partial charge in [0, 0.05) is 46.6 Å². The van der Waals surface area contributed by atoms with Crippen LogP contribution in [-0.2, 0) is 21.2 Å². The fourth-order valence-corrected chi connectivity index (χ4v) is 6.26. The fraction of sp³-hybridized carbons (Fsp3) is 0.0938. The van der Waals surface area contributed by atoms with E-state index >= 15 is 0 Å². The number of hydrogen-bond donors (Lipinski definition) is 2. The number of nitrogens with one attached hydrogen (secondary N) is 2. The first-order valence-corrected chi connectivity index (χ1v) is 14.9. The summed E-state index contributed by atoms with van der Waals surface area (Å²) < 4.78 is 29.0. The Hall–Kier alpha value is -5.62. The van der Waals surface area contributed by atoms with Gasteiger partial charge in [0.15, 0.2) is 5.78 Å². The highest BCUT2D eigenvalue weighted by Crippen LogP contribution is 2.27. The van der Waals surface area contributed by atoms with Crippen molar-refractivity contribution in [3.8, 4) is 0 Å². The first-order chi connectivity index (χ1) is 21.0. The predicted octanol–water partition coefficient (Wildman–Crippen LogP) is 5.36. The van der Waals surface area contributed by atoms with Crippen LogP contribution in [-0.4, -0.2) is 46.3 Å². The monoisotopic (exact) mass is 610 g/mol. The number of anilines is 1. The molecule has 0 fully saturated rings. The smallest absolute Gasteiger partial charge is 0.269 e. The Labute approximate surface area is 252 Å². The maximum Gasteiger partial charge on any atom is 0.269 e. The number of Topliss-reactive ketones (excluding diaryl/α,β-unsaturated/α-hetero) is 1. The van der Waals surface area contributed by atoms with Crippen LogP contribution in [0.1, 0.15) is 33.3 Å². The van der Waals surface area contributed by atoms with Crippen LogP contribution in [0.25, 0.3) is 10.9 Å². The predicted molar refractivity (Wildman–Crippen MR) is 164 cm³/mol. The lowest BCUT2D eigenvalue weighted by molar-refractivity contribution is -0.384. The lowest BCUT2D eigenvalue weighted by Crippen LogP contribution is -2.51. The molecule has 5 aromatic rings. The van der Waals surface area contributed by atoms with Crippen molar-refractivity contribution < 1.29 is 27.7 Å². The molecule has 5 rings (SSSR count). The summed E-state index contributed by atoms with van der Waals surface area (Å²) in [5.74, 6) is -1.95. The molecule has 1 aromatic heterocycles. The second-order valence-corrected chi connectivity index (χ2v) is 11.8. The molecule has 2 amide bonds. The minimum atomic E-state index is -4.75. The molecule has 0 aliphatic heterocycles. The van der Waals surface area contributed by atoms with Crippen molar-refractivity contribution in [2.75, 3.05) is 5.32 Å². The number of sulfonamides is 1. The Balaban J connectivity index is 1.63. The van der Waals surface area contributed by atoms with Gasteiger partial charge < -0.3 is 10.3 Å². The normalized spacial score (nSPS) is 11.9. The number of hydrogen-bond acceptors (Lipinski definition) is 7. The second kappa shape index (κ2) is 12.3. The summed E-state index contributed by atoms with van der Waals surface area (Å²) in [4.78, 5) is 53.1. The van der Waals surface area contributed by atoms with Crippen LogP contribution in [0, 0.1) is 10.1 Å². The number of aromatic amines is 1. The van der Waals surface area contributed by atoms with Gasteiger partial charge in [0.25, 0.3) is 21.6 Å². The van der Waals surface area contributed by atoms with Crippen LogP contribution in [0.15, 0.2) is 114 Å². The third-order valence-corrected chi connectivity index (χ3v) is 8.78. The van der Waals surface area contributed by atoms with Crippen LogP contribution in [0.3, 0.4) is 0 Å². The van der Waals surface area contributed by atoms with Crippen molar-refractivity contribution in [1.29, 1.82) is 0 Å². The number of fused-ring (bicyclic) bond motifs is 1. The van der Waals surface area contributed by atoms with E-state index in [2.05, 4.69) is 10.3 Å². The summed E-state index contributed by atoms with van der Waals surface area (Å²) >= 11 is 0. The Kier molecular flexibility index (Phi) is 8.36. The standard InChI is InChI=1S/C32H26N4O7S/c1-21(37)22-11-13-25(14-12-22)34-31(38)30(20-26-19-24-9-5-6-10-29(24)33-26)35(32(39)23-7-3-2-4-8-23)44(42,43)28-17-15-27(16-18-28)36(40)41/h2-19,30,33H,20H2,1H3,(H,34,38). The van der Waals surface area contributed by atoms with E-state index in [0.717, 1.165) is 35.2 Å². The highest BCUT2D eigenvalue weighted by Gasteiger charge is 2.41. The molecule has 0 bridgehead atoms. The molecule has 0 spiro atoms. The molecule has 11 nitrogen and oxygen atoms in total. The van der Waals surface area contributed by atoms with Crippen molar-refractivity contribution in [2.45, 2.75) is 24.3 Å². The molecule has 0 aliphatic rings. The Morgan fingerprint density at radius 3 is 2.11 bits per heavy atom. The number of nitro groups is 1. The topological polar surface area (TPSA) is 160 Å². The summed E-state index contributed by atoms with van der Waals surface area (Å²) in [7, 11) is -4.75. The quantitative estimate of drug-likeness (QED) is 0.122. The molecule has 12 heteroatoms. The average Bonchev–Trinajstić information content (AvgIpc) is 3.44. The minimum absolute atomic E-state index is 0.0123. The van der Waals surface area contributed by atoms with Crippen LogP contribution in [0.5, 0.6) is 0 Å². The van der Waals surface area contributed by atoms with E-state index in [1.165, 1.54) is 43.3 Å². The molecule has 0 saturated carbocycles. The Bertz CT molecular complexity index is 1940. The molecule has 1 heterocycles. The van der Waals surface area contributed by atoms with E-state index in [1.54, 1.807) is 24.3 Å². The van der Waals surface area contributed by atoms with Crippen molar-refractivity contribution in [3.05, 3.63) is 136 Å². The van der Waals surface area contributed by atoms with Crippen LogP contribution >= 0.6 is 0 Å². The highest BCUT2D eigenvalue weighted by molar-refractivity contribution is 7.89. The second-order valence-electron chi connectivity index (χ2n) is 9.95. The average molecular weight is 611 g/mol. The van der Waals surface area contributed by atoms with Gasteiger partial charge in [0.1, 0.15) is 6.04 Å². The van der Waals surface area contributed by atoms with Gasteiger partial charge in [-0.1, -0.05) is 36.4 Å². The first-order valence-electron chi connectivity index (χ1n) is 13.4. The fourth-order valence-electron chi connectivity index (χ4n) is 4.73. The minimum Gasteiger partial charge on any atom is -0.358 e. The van der Waals surface area contributed by atoms with Crippen molar-refractivity contribution in [3.63, 3.8) is 0 Å². The van der Waals surface area contributed by atoms with Gasteiger partial charge in [-0.2, -0.15) is 0 Å². The van der Waals surface area contributed by atoms with E-state index in [9.17, 15) is 32.9 Å². The number of carbonyl (C=O) groups is 3. The molecule has 0 aliphatic carbocycles. The number of H-pyrrole nitrogens is 1. The molecule has 4 aromatic carbocycles. The number of aromatic nitrogens is 1. The van der Waals surface area contributed by atoms with Gasteiger partial charge in [-0.05, 0) is 73.0 Å². The Morgan fingerprint density at radius 2 is 1.50 bits per heavy atom. The van der Waals surface area contributed by atoms with Crippen LogP contribution in [0.4, 0.5) is 11.4 Å². The summed E-state index contributed by atoms with van der Waals surface area (Å²) in [6.07, 6.45) is -0.225. The van der Waals surface area contributed by atoms with Gasteiger partial charge in [-0.3, -0.25) is 24.5 Å². The lowest BCUT2D eigenvalue weighted by atomic mass is 10.1. The molecule has 2 N–H and O–H groups in total. The van der Waals surface area contributed by atoms with Crippen molar-refractivity contribution in [1.82, 2.24) is 9.29 Å². The number of amides is 2. The maximum absolute atomic E-state index is 14.2. The van der Waals surface area contributed by atoms with Gasteiger partial charge in [-0.15, -0.1) is 0 Å². The SMILES string of the molecule is CC(=O)c1ccc(NC(=O)C(Cc2cc3ccccc3[nH]2)N(C(=O)c2ccccc2)S(=O)(=O)c2ccc([N+](=O)[O-])cc2)cc1. The molecular formula is C32H26N4O7S. The van der Waals surface area contributed by atoms with E-state index in [1.807, 2.05) is 24.3 Å². The van der Waals surface area contributed by atoms with Gasteiger partial charge >= 0.3 is 0 Å². The summed E-state index contributed by atoms with van der Waals surface area (Å²) in [6.45, 7) is 1.40. The van der Waals surface area contributed by atoms with Crippen molar-refractivity contribution in [2.24, 2.45) is 0 Å². The van der Waals surface area contributed by atoms with Crippen LogP contribution < -0.4 is 5.32 Å². The van der Waals surface area contributed by atoms with Crippen LogP contribution in [0.2, 0.25) is 0 Å². The molecule has 1 atom stereocenters. The summed E-state index contributed by atoms with van der Waals surface area (Å²) in [6, 6.07) is 25.3. The van der Waals surface area contributed by atoms with Crippen molar-refractivity contribution >= 4 is 49.9 Å². The molecule has 1 unspecified atom stereocenters. The summed E-state index contributed by atoms with van der Waals surface area (Å²) in [5, 5.41) is 14.7. The number of benzene rings is 4. The first kappa shape index (κ1) is 29.9. The number of para-hydroxylation sites is 1. The van der Waals surface area contributed by atoms with Gasteiger partial charge in [-0.25, -0.2) is 12.7 Å². The summed E-state index contributed by atoms with van der Waals surface area (Å²) in [5.41, 5.74) is 1.61. The zero-order valence-corrected chi connectivity index (χ0v) is 24.2. The number of ketones is 1. The van der Waals surface area contributed by atoms with Gasteiger partial charge in [0.05, 0.1) is 9.82 Å². The maximum atomic E-state index is 14.2. The molecule has 44 heavy (non-hydrogen) atoms. The molecular weight excluding hydrogens is 584 g/mol. The third kappa shape index (κ3) is 6.25. The lowest BCUT2D eigenvalue weighted by Gasteiger charge is -2.30. The Morgan fingerprint density at radius 1 is 0.864 bits per heavy atom. The largest absolute Gasteiger partial charge is 0.358 e. The number of carbonyl (C=O) groups excluding carboxylic acids is 3. The van der Waals surface area contributed by atoms with E-state index < -0.39 is 37.7 Å². The number of nitro benzene ring substituents is 1.